The standard InChI is InChI=1S/C29H37NO5/c1-18-9-7-13-22(31)15-16-25(32)35-29-23(14-8-10-18)27(33)20(3)19(2)26(29)24(30-28(29)34)17-21-11-5-4-6-12-21/h4-6,8,11-12,14-16,18-19,22-24,26-27,31,33H,3,7,9-10,13,17H2,1-2H3,(H,30,34)/b14-8+,16-15-/t18-,19-,22-,23-,24-,26+,27+,29-/m0/s1. The molecule has 2 heterocycles. The molecule has 188 valence electrons. The van der Waals surface area contributed by atoms with Crippen molar-refractivity contribution in [2.24, 2.45) is 23.7 Å². The van der Waals surface area contributed by atoms with Gasteiger partial charge in [0.15, 0.2) is 0 Å². The molecular formula is C29H37NO5. The number of hydrogen-bond donors (Lipinski definition) is 3. The maximum atomic E-state index is 13.7. The number of benzene rings is 1. The van der Waals surface area contributed by atoms with Gasteiger partial charge in [-0.15, -0.1) is 0 Å². The van der Waals surface area contributed by atoms with Crippen molar-refractivity contribution in [2.45, 2.75) is 69.8 Å². The summed E-state index contributed by atoms with van der Waals surface area (Å²) >= 11 is 0. The van der Waals surface area contributed by atoms with Crippen LogP contribution < -0.4 is 5.32 Å². The van der Waals surface area contributed by atoms with Crippen LogP contribution in [-0.4, -0.2) is 45.9 Å². The Hall–Kier alpha value is -2.70. The van der Waals surface area contributed by atoms with Crippen molar-refractivity contribution in [3.05, 3.63) is 72.4 Å². The second-order valence-corrected chi connectivity index (χ2v) is 10.5. The quantitative estimate of drug-likeness (QED) is 0.446. The molecule has 35 heavy (non-hydrogen) atoms. The predicted octanol–water partition coefficient (Wildman–Crippen LogP) is 3.49. The lowest BCUT2D eigenvalue weighted by molar-refractivity contribution is -0.182. The highest BCUT2D eigenvalue weighted by Crippen LogP contribution is 2.52. The second-order valence-electron chi connectivity index (χ2n) is 10.5. The highest BCUT2D eigenvalue weighted by atomic mass is 16.6. The normalized spacial score (nSPS) is 40.0. The fraction of sp³-hybridized carbons (Fsp3) is 0.517. The first-order valence-electron chi connectivity index (χ1n) is 12.7. The van der Waals surface area contributed by atoms with E-state index >= 15 is 0 Å². The third-order valence-electron chi connectivity index (χ3n) is 8.04. The summed E-state index contributed by atoms with van der Waals surface area (Å²) in [4.78, 5) is 26.8. The summed E-state index contributed by atoms with van der Waals surface area (Å²) in [6, 6.07) is 9.59. The zero-order valence-corrected chi connectivity index (χ0v) is 20.6. The zero-order chi connectivity index (χ0) is 25.2. The minimum atomic E-state index is -1.57. The van der Waals surface area contributed by atoms with Gasteiger partial charge >= 0.3 is 5.97 Å². The Balaban J connectivity index is 1.78. The van der Waals surface area contributed by atoms with E-state index in [4.69, 9.17) is 4.74 Å². The molecule has 2 aliphatic heterocycles. The number of hydrogen-bond acceptors (Lipinski definition) is 5. The summed E-state index contributed by atoms with van der Waals surface area (Å²) in [6.45, 7) is 8.27. The van der Waals surface area contributed by atoms with E-state index in [0.29, 0.717) is 24.3 Å². The van der Waals surface area contributed by atoms with Crippen LogP contribution in [0.3, 0.4) is 0 Å². The van der Waals surface area contributed by atoms with E-state index in [2.05, 4.69) is 18.8 Å². The smallest absolute Gasteiger partial charge is 0.331 e. The van der Waals surface area contributed by atoms with Crippen molar-refractivity contribution in [3.8, 4) is 0 Å². The third kappa shape index (κ3) is 5.00. The molecule has 1 aliphatic carbocycles. The van der Waals surface area contributed by atoms with E-state index in [1.165, 1.54) is 12.2 Å². The average Bonchev–Trinajstić information content (AvgIpc) is 3.09. The molecule has 1 saturated carbocycles. The van der Waals surface area contributed by atoms with Crippen LogP contribution in [0.5, 0.6) is 0 Å². The Morgan fingerprint density at radius 3 is 2.60 bits per heavy atom. The molecule has 1 saturated heterocycles. The van der Waals surface area contributed by atoms with E-state index in [1.54, 1.807) is 0 Å². The molecule has 3 N–H and O–H groups in total. The number of carbonyl (C=O) groups is 2. The lowest BCUT2D eigenvalue weighted by Crippen LogP contribution is -2.61. The van der Waals surface area contributed by atoms with E-state index in [-0.39, 0.29) is 17.9 Å². The molecular weight excluding hydrogens is 442 g/mol. The summed E-state index contributed by atoms with van der Waals surface area (Å²) in [5.74, 6) is -2.13. The van der Waals surface area contributed by atoms with Gasteiger partial charge < -0.3 is 20.3 Å². The average molecular weight is 480 g/mol. The van der Waals surface area contributed by atoms with Crippen LogP contribution in [0.1, 0.15) is 45.1 Å². The lowest BCUT2D eigenvalue weighted by Gasteiger charge is -2.49. The molecule has 0 unspecified atom stereocenters. The van der Waals surface area contributed by atoms with Gasteiger partial charge in [0.2, 0.25) is 5.60 Å². The van der Waals surface area contributed by atoms with Crippen LogP contribution in [0.15, 0.2) is 66.8 Å². The minimum absolute atomic E-state index is 0.262. The first kappa shape index (κ1) is 25.4. The largest absolute Gasteiger partial charge is 0.445 e. The molecule has 0 aromatic heterocycles. The molecule has 3 aliphatic rings. The van der Waals surface area contributed by atoms with Crippen LogP contribution in [0.4, 0.5) is 0 Å². The van der Waals surface area contributed by atoms with Crippen molar-refractivity contribution in [1.29, 1.82) is 0 Å². The van der Waals surface area contributed by atoms with E-state index in [1.807, 2.05) is 49.4 Å². The number of aliphatic hydroxyl groups is 2. The van der Waals surface area contributed by atoms with Crippen molar-refractivity contribution in [1.82, 2.24) is 5.32 Å². The van der Waals surface area contributed by atoms with Crippen LogP contribution >= 0.6 is 0 Å². The highest BCUT2D eigenvalue weighted by Gasteiger charge is 2.67. The van der Waals surface area contributed by atoms with Crippen molar-refractivity contribution in [2.75, 3.05) is 0 Å². The number of amides is 1. The zero-order valence-electron chi connectivity index (χ0n) is 20.6. The lowest BCUT2D eigenvalue weighted by atomic mass is 9.59. The SMILES string of the molecule is C=C1[C@@H](O)[C@@H]2/C=C/C[C@@H](C)CCC[C@H](O)/C=C\C(=O)O[C@@]23C(=O)N[C@@H](Cc2ccccc2)[C@H]3[C@H]1C. The number of ether oxygens (including phenoxy) is 1. The summed E-state index contributed by atoms with van der Waals surface area (Å²) in [7, 11) is 0. The maximum Gasteiger partial charge on any atom is 0.331 e. The molecule has 8 atom stereocenters. The molecule has 4 rings (SSSR count). The number of rotatable bonds is 2. The van der Waals surface area contributed by atoms with Gasteiger partial charge in [-0.05, 0) is 48.3 Å². The fourth-order valence-corrected chi connectivity index (χ4v) is 6.09. The monoisotopic (exact) mass is 479 g/mol. The summed E-state index contributed by atoms with van der Waals surface area (Å²) in [5.41, 5.74) is 0.136. The Bertz CT molecular complexity index is 1000. The highest BCUT2D eigenvalue weighted by molar-refractivity contribution is 5.94. The van der Waals surface area contributed by atoms with Gasteiger partial charge in [-0.3, -0.25) is 4.79 Å². The van der Waals surface area contributed by atoms with Crippen molar-refractivity contribution >= 4 is 11.9 Å². The van der Waals surface area contributed by atoms with Crippen LogP contribution in [-0.2, 0) is 20.7 Å². The summed E-state index contributed by atoms with van der Waals surface area (Å²) < 4.78 is 6.05. The minimum Gasteiger partial charge on any atom is -0.445 e. The van der Waals surface area contributed by atoms with Crippen molar-refractivity contribution in [3.63, 3.8) is 0 Å². The number of carbonyl (C=O) groups excluding carboxylic acids is 2. The number of allylic oxidation sites excluding steroid dienone is 1. The molecule has 6 heteroatoms. The van der Waals surface area contributed by atoms with Gasteiger partial charge in [-0.2, -0.15) is 0 Å². The molecule has 1 aromatic carbocycles. The Labute approximate surface area is 207 Å². The van der Waals surface area contributed by atoms with Crippen LogP contribution in [0.25, 0.3) is 0 Å². The molecule has 0 bridgehead atoms. The van der Waals surface area contributed by atoms with Gasteiger partial charge in [0.1, 0.15) is 0 Å². The van der Waals surface area contributed by atoms with Gasteiger partial charge in [-0.1, -0.05) is 75.8 Å². The maximum absolute atomic E-state index is 13.7. The summed E-state index contributed by atoms with van der Waals surface area (Å²) in [6.07, 6.45) is 8.39. The number of nitrogens with one attached hydrogen (secondary N) is 1. The van der Waals surface area contributed by atoms with Crippen LogP contribution in [0, 0.1) is 23.7 Å². The second kappa shape index (κ2) is 10.5. The van der Waals surface area contributed by atoms with Gasteiger partial charge in [0.05, 0.1) is 18.1 Å². The molecule has 1 spiro atoms. The van der Waals surface area contributed by atoms with E-state index in [0.717, 1.165) is 24.8 Å². The molecule has 0 radical (unpaired) electrons. The molecule has 2 fully saturated rings. The Kier molecular flexibility index (Phi) is 7.62. The fourth-order valence-electron chi connectivity index (χ4n) is 6.09. The number of esters is 1. The molecule has 1 amide bonds. The van der Waals surface area contributed by atoms with E-state index < -0.39 is 35.6 Å². The van der Waals surface area contributed by atoms with E-state index in [9.17, 15) is 19.8 Å². The van der Waals surface area contributed by atoms with Gasteiger partial charge in [0.25, 0.3) is 5.91 Å². The Morgan fingerprint density at radius 2 is 1.86 bits per heavy atom. The summed E-state index contributed by atoms with van der Waals surface area (Å²) in [5, 5.41) is 24.7. The van der Waals surface area contributed by atoms with Gasteiger partial charge in [-0.25, -0.2) is 4.79 Å². The van der Waals surface area contributed by atoms with Crippen LogP contribution in [0.2, 0.25) is 0 Å². The molecule has 1 aromatic rings. The topological polar surface area (TPSA) is 95.9 Å². The van der Waals surface area contributed by atoms with Gasteiger partial charge in [0, 0.05) is 18.0 Å². The Morgan fingerprint density at radius 1 is 1.11 bits per heavy atom. The predicted molar refractivity (Wildman–Crippen MR) is 134 cm³/mol. The first-order valence-corrected chi connectivity index (χ1v) is 12.7. The number of aliphatic hydroxyl groups excluding tert-OH is 2. The molecule has 6 nitrogen and oxygen atoms in total. The first-order chi connectivity index (χ1) is 16.7. The van der Waals surface area contributed by atoms with Crippen molar-refractivity contribution < 1.29 is 24.5 Å². The third-order valence-corrected chi connectivity index (χ3v) is 8.04.